The maximum Gasteiger partial charge on any atom is 0.290 e. The number of benzene rings is 1. The number of hydrogen-bond donors (Lipinski definition) is 1. The third kappa shape index (κ3) is 4.17. The summed E-state index contributed by atoms with van der Waals surface area (Å²) in [6.45, 7) is 4.62. The second-order valence-corrected chi connectivity index (χ2v) is 5.93. The van der Waals surface area contributed by atoms with Crippen LogP contribution in [-0.4, -0.2) is 5.91 Å². The third-order valence-electron chi connectivity index (χ3n) is 3.04. The summed E-state index contributed by atoms with van der Waals surface area (Å²) in [5, 5.41) is 2.87. The quantitative estimate of drug-likeness (QED) is 0.853. The number of nitrogens with one attached hydrogen (secondary N) is 1. The van der Waals surface area contributed by atoms with Crippen LogP contribution in [0, 0.1) is 0 Å². The highest BCUT2D eigenvalue weighted by molar-refractivity contribution is 9.10. The summed E-state index contributed by atoms with van der Waals surface area (Å²) in [6, 6.07) is 11.7. The molecule has 1 N–H and O–H groups in total. The number of anilines is 1. The van der Waals surface area contributed by atoms with Crippen molar-refractivity contribution in [1.29, 1.82) is 0 Å². The van der Waals surface area contributed by atoms with Crippen LogP contribution in [0.25, 0.3) is 0 Å². The Morgan fingerprint density at radius 1 is 1.15 bits per heavy atom. The van der Waals surface area contributed by atoms with E-state index in [1.54, 1.807) is 0 Å². The maximum absolute atomic E-state index is 11.9. The van der Waals surface area contributed by atoms with Gasteiger partial charge in [0, 0.05) is 22.3 Å². The van der Waals surface area contributed by atoms with Gasteiger partial charge in [-0.15, -0.1) is 0 Å². The molecule has 2 rings (SSSR count). The number of aromatic nitrogens is 1. The summed E-state index contributed by atoms with van der Waals surface area (Å²) >= 11 is 3.37. The molecule has 0 aliphatic carbocycles. The standard InChI is InChI=1S/C16H17BrN2O/c1-12(2)13-7-9-19(10-8-13)11-16(20)18-15-5-3-14(17)4-6-15/h3-10,12H,11H2,1-2H3/p+1. The summed E-state index contributed by atoms with van der Waals surface area (Å²) < 4.78 is 2.87. The molecular formula is C16H18BrN2O+. The first-order chi connectivity index (χ1) is 9.54. The third-order valence-corrected chi connectivity index (χ3v) is 3.57. The summed E-state index contributed by atoms with van der Waals surface area (Å²) in [5.74, 6) is 0.468. The van der Waals surface area contributed by atoms with E-state index < -0.39 is 0 Å². The fourth-order valence-electron chi connectivity index (χ4n) is 1.86. The zero-order valence-corrected chi connectivity index (χ0v) is 13.2. The summed E-state index contributed by atoms with van der Waals surface area (Å²) in [6.07, 6.45) is 3.88. The van der Waals surface area contributed by atoms with Gasteiger partial charge in [-0.2, -0.15) is 4.57 Å². The average Bonchev–Trinajstić information content (AvgIpc) is 2.42. The number of carbonyl (C=O) groups is 1. The number of halogens is 1. The van der Waals surface area contributed by atoms with E-state index in [4.69, 9.17) is 0 Å². The number of hydrogen-bond acceptors (Lipinski definition) is 1. The van der Waals surface area contributed by atoms with Crippen LogP contribution in [0.3, 0.4) is 0 Å². The zero-order chi connectivity index (χ0) is 14.5. The number of amides is 1. The van der Waals surface area contributed by atoms with Crippen LogP contribution < -0.4 is 9.88 Å². The minimum atomic E-state index is -0.0328. The Labute approximate surface area is 127 Å². The molecule has 1 heterocycles. The van der Waals surface area contributed by atoms with Crippen LogP contribution in [0.1, 0.15) is 25.3 Å². The van der Waals surface area contributed by atoms with Gasteiger partial charge in [0.15, 0.2) is 12.4 Å². The van der Waals surface area contributed by atoms with E-state index in [2.05, 4.69) is 47.2 Å². The largest absolute Gasteiger partial charge is 0.321 e. The molecule has 3 nitrogen and oxygen atoms in total. The first-order valence-corrected chi connectivity index (χ1v) is 7.38. The van der Waals surface area contributed by atoms with E-state index >= 15 is 0 Å². The fraction of sp³-hybridized carbons (Fsp3) is 0.250. The predicted octanol–water partition coefficient (Wildman–Crippen LogP) is 3.50. The molecule has 2 aromatic rings. The molecule has 4 heteroatoms. The topological polar surface area (TPSA) is 33.0 Å². The lowest BCUT2D eigenvalue weighted by atomic mass is 10.1. The van der Waals surface area contributed by atoms with E-state index in [9.17, 15) is 4.79 Å². The lowest BCUT2D eigenvalue weighted by Gasteiger charge is -2.05. The normalized spacial score (nSPS) is 10.6. The molecule has 0 saturated heterocycles. The molecule has 0 aliphatic heterocycles. The van der Waals surface area contributed by atoms with Crippen molar-refractivity contribution in [3.63, 3.8) is 0 Å². The monoisotopic (exact) mass is 333 g/mol. The Kier molecular flexibility index (Phi) is 4.90. The smallest absolute Gasteiger partial charge is 0.290 e. The van der Waals surface area contributed by atoms with Crippen molar-refractivity contribution in [1.82, 2.24) is 0 Å². The van der Waals surface area contributed by atoms with Gasteiger partial charge in [0.05, 0.1) is 0 Å². The maximum atomic E-state index is 11.9. The zero-order valence-electron chi connectivity index (χ0n) is 11.6. The van der Waals surface area contributed by atoms with Crippen molar-refractivity contribution in [3.05, 3.63) is 58.8 Å². The minimum absolute atomic E-state index is 0.0328. The molecule has 1 amide bonds. The molecule has 0 bridgehead atoms. The Morgan fingerprint density at radius 2 is 1.75 bits per heavy atom. The van der Waals surface area contributed by atoms with Gasteiger partial charge < -0.3 is 5.32 Å². The van der Waals surface area contributed by atoms with Crippen LogP contribution in [0.2, 0.25) is 0 Å². The Morgan fingerprint density at radius 3 is 2.30 bits per heavy atom. The van der Waals surface area contributed by atoms with Gasteiger partial charge in [-0.3, -0.25) is 4.79 Å². The van der Waals surface area contributed by atoms with Gasteiger partial charge in [0.2, 0.25) is 6.54 Å². The lowest BCUT2D eigenvalue weighted by Crippen LogP contribution is -2.39. The SMILES string of the molecule is CC(C)c1cc[n+](CC(=O)Nc2ccc(Br)cc2)cc1. The van der Waals surface area contributed by atoms with E-state index in [-0.39, 0.29) is 5.91 Å². The molecule has 0 radical (unpaired) electrons. The van der Waals surface area contributed by atoms with Crippen molar-refractivity contribution in [2.24, 2.45) is 0 Å². The second kappa shape index (κ2) is 6.66. The Bertz CT molecular complexity index is 576. The number of rotatable bonds is 4. The van der Waals surface area contributed by atoms with Gasteiger partial charge >= 0.3 is 0 Å². The van der Waals surface area contributed by atoms with Crippen molar-refractivity contribution in [3.8, 4) is 0 Å². The molecular weight excluding hydrogens is 316 g/mol. The van der Waals surface area contributed by atoms with Gasteiger partial charge in [0.1, 0.15) is 0 Å². The molecule has 1 aromatic heterocycles. The van der Waals surface area contributed by atoms with Crippen LogP contribution in [-0.2, 0) is 11.3 Å². The second-order valence-electron chi connectivity index (χ2n) is 5.01. The molecule has 1 aromatic carbocycles. The van der Waals surface area contributed by atoms with E-state index in [0.29, 0.717) is 12.5 Å². The van der Waals surface area contributed by atoms with Crippen LogP contribution in [0.4, 0.5) is 5.69 Å². The van der Waals surface area contributed by atoms with Crippen LogP contribution >= 0.6 is 15.9 Å². The summed E-state index contributed by atoms with van der Waals surface area (Å²) in [7, 11) is 0. The molecule has 0 unspecified atom stereocenters. The highest BCUT2D eigenvalue weighted by Gasteiger charge is 2.10. The molecule has 0 aliphatic rings. The van der Waals surface area contributed by atoms with Crippen LogP contribution in [0.5, 0.6) is 0 Å². The average molecular weight is 334 g/mol. The number of pyridine rings is 1. The predicted molar refractivity (Wildman–Crippen MR) is 83.5 cm³/mol. The first kappa shape index (κ1) is 14.7. The van der Waals surface area contributed by atoms with Crippen LogP contribution in [0.15, 0.2) is 53.3 Å². The van der Waals surface area contributed by atoms with Gasteiger partial charge in [0.25, 0.3) is 5.91 Å². The van der Waals surface area contributed by atoms with Crippen molar-refractivity contribution < 1.29 is 9.36 Å². The van der Waals surface area contributed by atoms with Gasteiger partial charge in [-0.1, -0.05) is 29.8 Å². The van der Waals surface area contributed by atoms with Crippen molar-refractivity contribution in [2.75, 3.05) is 5.32 Å². The molecule has 0 saturated carbocycles. The van der Waals surface area contributed by atoms with Gasteiger partial charge in [-0.05, 0) is 35.7 Å². The summed E-state index contributed by atoms with van der Waals surface area (Å²) in [5.41, 5.74) is 2.08. The molecule has 104 valence electrons. The van der Waals surface area contributed by atoms with Crippen molar-refractivity contribution in [2.45, 2.75) is 26.3 Å². The molecule has 0 fully saturated rings. The number of nitrogens with zero attached hydrogens (tertiary/aromatic N) is 1. The molecule has 20 heavy (non-hydrogen) atoms. The number of carbonyl (C=O) groups excluding carboxylic acids is 1. The van der Waals surface area contributed by atoms with E-state index in [1.165, 1.54) is 5.56 Å². The van der Waals surface area contributed by atoms with E-state index in [1.807, 2.05) is 41.2 Å². The van der Waals surface area contributed by atoms with E-state index in [0.717, 1.165) is 10.2 Å². The Hall–Kier alpha value is -1.68. The highest BCUT2D eigenvalue weighted by Crippen LogP contribution is 2.14. The van der Waals surface area contributed by atoms with Gasteiger partial charge in [-0.25, -0.2) is 0 Å². The first-order valence-electron chi connectivity index (χ1n) is 6.59. The minimum Gasteiger partial charge on any atom is -0.321 e. The lowest BCUT2D eigenvalue weighted by molar-refractivity contribution is -0.684. The fourth-order valence-corrected chi connectivity index (χ4v) is 2.12. The molecule has 0 spiro atoms. The molecule has 0 atom stereocenters. The summed E-state index contributed by atoms with van der Waals surface area (Å²) in [4.78, 5) is 11.9. The Balaban J connectivity index is 1.95. The van der Waals surface area contributed by atoms with Crippen molar-refractivity contribution >= 4 is 27.5 Å². The highest BCUT2D eigenvalue weighted by atomic mass is 79.9.